The molecule has 1 amide bonds. The van der Waals surface area contributed by atoms with E-state index in [9.17, 15) is 4.79 Å². The van der Waals surface area contributed by atoms with E-state index in [4.69, 9.17) is 10.9 Å². The van der Waals surface area contributed by atoms with Gasteiger partial charge >= 0.3 is 0 Å². The first-order valence-corrected chi connectivity index (χ1v) is 6.82. The Morgan fingerprint density at radius 3 is 2.74 bits per heavy atom. The summed E-state index contributed by atoms with van der Waals surface area (Å²) >= 11 is 0. The van der Waals surface area contributed by atoms with E-state index in [1.54, 1.807) is 25.8 Å². The first kappa shape index (κ1) is 15.8. The Morgan fingerprint density at radius 2 is 2.21 bits per heavy atom. The van der Waals surface area contributed by atoms with Gasteiger partial charge in [-0.3, -0.25) is 9.69 Å². The fourth-order valence-electron chi connectivity index (χ4n) is 2.63. The van der Waals surface area contributed by atoms with E-state index in [-0.39, 0.29) is 11.7 Å². The number of carbonyl (C=O) groups is 1. The van der Waals surface area contributed by atoms with Gasteiger partial charge in [-0.1, -0.05) is 12.1 Å². The van der Waals surface area contributed by atoms with Crippen LogP contribution in [0.2, 0.25) is 0 Å². The van der Waals surface area contributed by atoms with Crippen molar-refractivity contribution in [3.8, 4) is 0 Å². The highest BCUT2D eigenvalue weighted by atomic mass is 16.4. The first-order chi connectivity index (χ1) is 8.84. The largest absolute Gasteiger partial charge is 0.409 e. The Labute approximate surface area is 115 Å². The van der Waals surface area contributed by atoms with Gasteiger partial charge in [-0.25, -0.2) is 0 Å². The second-order valence-electron chi connectivity index (χ2n) is 5.72. The molecule has 19 heavy (non-hydrogen) atoms. The zero-order valence-corrected chi connectivity index (χ0v) is 12.4. The van der Waals surface area contributed by atoms with Crippen molar-refractivity contribution >= 4 is 11.7 Å². The Bertz CT molecular complexity index is 355. The average molecular weight is 270 g/mol. The van der Waals surface area contributed by atoms with Gasteiger partial charge in [0.1, 0.15) is 5.41 Å². The smallest absolute Gasteiger partial charge is 0.235 e. The second-order valence-corrected chi connectivity index (χ2v) is 5.72. The van der Waals surface area contributed by atoms with Crippen molar-refractivity contribution in [2.24, 2.45) is 16.3 Å². The normalized spacial score (nSPS) is 21.7. The molecule has 1 aliphatic heterocycles. The van der Waals surface area contributed by atoms with Crippen molar-refractivity contribution in [1.82, 2.24) is 9.80 Å². The van der Waals surface area contributed by atoms with Crippen molar-refractivity contribution < 1.29 is 10.0 Å². The zero-order chi connectivity index (χ0) is 14.6. The zero-order valence-electron chi connectivity index (χ0n) is 12.4. The molecular formula is C13H26N4O2. The van der Waals surface area contributed by atoms with Gasteiger partial charge in [0, 0.05) is 19.6 Å². The number of likely N-dealkylation sites (N-methyl/N-ethyl adjacent to an activating group) is 2. The number of oxime groups is 1. The number of carbonyl (C=O) groups excluding carboxylic acids is 1. The molecule has 0 spiro atoms. The van der Waals surface area contributed by atoms with Crippen molar-refractivity contribution in [3.63, 3.8) is 0 Å². The predicted molar refractivity (Wildman–Crippen MR) is 75.1 cm³/mol. The van der Waals surface area contributed by atoms with Crippen LogP contribution in [0.15, 0.2) is 5.16 Å². The molecule has 1 unspecified atom stereocenters. The summed E-state index contributed by atoms with van der Waals surface area (Å²) in [6.07, 6.45) is 2.31. The molecule has 0 aromatic carbocycles. The van der Waals surface area contributed by atoms with Crippen LogP contribution in [0.25, 0.3) is 0 Å². The lowest BCUT2D eigenvalue weighted by Crippen LogP contribution is -2.50. The minimum atomic E-state index is -0.973. The van der Waals surface area contributed by atoms with Crippen LogP contribution in [0, 0.1) is 5.41 Å². The van der Waals surface area contributed by atoms with Crippen LogP contribution in [0.4, 0.5) is 0 Å². The molecule has 6 nitrogen and oxygen atoms in total. The quantitative estimate of drug-likeness (QED) is 0.333. The molecule has 0 aromatic heterocycles. The lowest BCUT2D eigenvalue weighted by molar-refractivity contribution is -0.136. The molecule has 0 aromatic rings. The average Bonchev–Trinajstić information content (AvgIpc) is 2.83. The van der Waals surface area contributed by atoms with Gasteiger partial charge in [0.2, 0.25) is 5.91 Å². The maximum atomic E-state index is 12.4. The molecule has 1 saturated heterocycles. The van der Waals surface area contributed by atoms with Gasteiger partial charge in [-0.2, -0.15) is 0 Å². The summed E-state index contributed by atoms with van der Waals surface area (Å²) in [6.45, 7) is 8.29. The number of hydrogen-bond acceptors (Lipinski definition) is 4. The highest BCUT2D eigenvalue weighted by Gasteiger charge is 2.36. The topological polar surface area (TPSA) is 82.2 Å². The van der Waals surface area contributed by atoms with Gasteiger partial charge in [0.05, 0.1) is 0 Å². The van der Waals surface area contributed by atoms with Gasteiger partial charge < -0.3 is 15.8 Å². The Hall–Kier alpha value is -1.30. The fraction of sp³-hybridized carbons (Fsp3) is 0.846. The van der Waals surface area contributed by atoms with Crippen LogP contribution >= 0.6 is 0 Å². The number of hydrogen-bond donors (Lipinski definition) is 2. The molecule has 6 heteroatoms. The lowest BCUT2D eigenvalue weighted by atomic mass is 9.90. The van der Waals surface area contributed by atoms with E-state index in [0.29, 0.717) is 12.6 Å². The predicted octanol–water partition coefficient (Wildman–Crippen LogP) is 0.702. The minimum Gasteiger partial charge on any atom is -0.409 e. The third kappa shape index (κ3) is 3.37. The second kappa shape index (κ2) is 6.23. The van der Waals surface area contributed by atoms with Crippen molar-refractivity contribution in [3.05, 3.63) is 0 Å². The summed E-state index contributed by atoms with van der Waals surface area (Å²) in [6, 6.07) is 0.419. The van der Waals surface area contributed by atoms with Crippen LogP contribution in [0.3, 0.4) is 0 Å². The number of nitrogens with zero attached hydrogens (tertiary/aromatic N) is 3. The molecule has 0 saturated carbocycles. The Kier molecular flexibility index (Phi) is 5.17. The highest BCUT2D eigenvalue weighted by Crippen LogP contribution is 2.22. The van der Waals surface area contributed by atoms with Gasteiger partial charge in [-0.15, -0.1) is 0 Å². The summed E-state index contributed by atoms with van der Waals surface area (Å²) < 4.78 is 0. The number of likely N-dealkylation sites (tertiary alicyclic amines) is 1. The fourth-order valence-corrected chi connectivity index (χ4v) is 2.63. The maximum absolute atomic E-state index is 12.4. The van der Waals surface area contributed by atoms with Gasteiger partial charge in [-0.05, 0) is 39.8 Å². The van der Waals surface area contributed by atoms with Crippen LogP contribution in [-0.2, 0) is 4.79 Å². The summed E-state index contributed by atoms with van der Waals surface area (Å²) in [4.78, 5) is 16.5. The Morgan fingerprint density at radius 1 is 1.58 bits per heavy atom. The molecule has 1 rings (SSSR count). The van der Waals surface area contributed by atoms with Crippen LogP contribution in [0.5, 0.6) is 0 Å². The summed E-state index contributed by atoms with van der Waals surface area (Å²) in [5, 5.41) is 11.7. The van der Waals surface area contributed by atoms with E-state index < -0.39 is 5.41 Å². The van der Waals surface area contributed by atoms with Crippen LogP contribution < -0.4 is 5.73 Å². The standard InChI is InChI=1S/C13H26N4O2/c1-5-17-8-6-7-10(17)9-16(4)12(18)13(2,3)11(14)15-19/h10,19H,5-9H2,1-4H3,(H2,14,15). The monoisotopic (exact) mass is 270 g/mol. The molecule has 0 radical (unpaired) electrons. The van der Waals surface area contributed by atoms with Gasteiger partial charge in [0.25, 0.3) is 0 Å². The number of nitrogens with two attached hydrogens (primary N) is 1. The van der Waals surface area contributed by atoms with E-state index >= 15 is 0 Å². The van der Waals surface area contributed by atoms with Crippen LogP contribution in [0.1, 0.15) is 33.6 Å². The number of rotatable bonds is 5. The van der Waals surface area contributed by atoms with Crippen LogP contribution in [-0.4, -0.2) is 59.5 Å². The lowest BCUT2D eigenvalue weighted by Gasteiger charge is -2.32. The molecule has 3 N–H and O–H groups in total. The molecule has 0 aliphatic carbocycles. The molecular weight excluding hydrogens is 244 g/mol. The van der Waals surface area contributed by atoms with Crippen molar-refractivity contribution in [1.29, 1.82) is 0 Å². The SMILES string of the molecule is CCN1CCCC1CN(C)C(=O)C(C)(C)C(N)=NO. The molecule has 1 heterocycles. The third-order valence-corrected chi connectivity index (χ3v) is 4.02. The van der Waals surface area contributed by atoms with Crippen molar-refractivity contribution in [2.75, 3.05) is 26.7 Å². The van der Waals surface area contributed by atoms with E-state index in [2.05, 4.69) is 17.0 Å². The molecule has 110 valence electrons. The number of amidine groups is 1. The third-order valence-electron chi connectivity index (χ3n) is 4.02. The molecule has 0 bridgehead atoms. The number of amides is 1. The molecule has 1 fully saturated rings. The molecule has 1 atom stereocenters. The van der Waals surface area contributed by atoms with Crippen molar-refractivity contribution in [2.45, 2.75) is 39.7 Å². The van der Waals surface area contributed by atoms with E-state index in [1.165, 1.54) is 6.42 Å². The Balaban J connectivity index is 2.67. The highest BCUT2D eigenvalue weighted by molar-refractivity contribution is 6.05. The van der Waals surface area contributed by atoms with E-state index in [0.717, 1.165) is 19.5 Å². The van der Waals surface area contributed by atoms with Gasteiger partial charge in [0.15, 0.2) is 5.84 Å². The first-order valence-electron chi connectivity index (χ1n) is 6.82. The summed E-state index contributed by atoms with van der Waals surface area (Å²) in [5.41, 5.74) is 4.62. The summed E-state index contributed by atoms with van der Waals surface area (Å²) in [7, 11) is 1.78. The minimum absolute atomic E-state index is 0.0527. The molecule has 1 aliphatic rings. The maximum Gasteiger partial charge on any atom is 0.235 e. The summed E-state index contributed by atoms with van der Waals surface area (Å²) in [5.74, 6) is -0.172. The van der Waals surface area contributed by atoms with E-state index in [1.807, 2.05) is 0 Å².